The number of carbonyl (C=O) groups is 1. The van der Waals surface area contributed by atoms with Crippen LogP contribution in [0.5, 0.6) is 0 Å². The Balaban J connectivity index is 1.50. The Labute approximate surface area is 208 Å². The summed E-state index contributed by atoms with van der Waals surface area (Å²) < 4.78 is 0. The molecule has 0 saturated heterocycles. The van der Waals surface area contributed by atoms with Gasteiger partial charge in [0.25, 0.3) is 0 Å². The highest BCUT2D eigenvalue weighted by atomic mass is 16.1. The van der Waals surface area contributed by atoms with Crippen molar-refractivity contribution in [2.45, 2.75) is 127 Å². The molecule has 1 heteroatoms. The number of hydrogen-bond donors (Lipinski definition) is 0. The summed E-state index contributed by atoms with van der Waals surface area (Å²) in [4.78, 5) is 13.3. The molecule has 0 bridgehead atoms. The van der Waals surface area contributed by atoms with E-state index in [0.717, 1.165) is 11.1 Å². The quantitative estimate of drug-likeness (QED) is 0.324. The average molecular weight is 459 g/mol. The van der Waals surface area contributed by atoms with Crippen LogP contribution in [0.2, 0.25) is 0 Å². The molecule has 2 aromatic rings. The van der Waals surface area contributed by atoms with Crippen LogP contribution >= 0.6 is 0 Å². The van der Waals surface area contributed by atoms with Crippen LogP contribution in [-0.2, 0) is 10.8 Å². The number of carbonyl (C=O) groups excluding carboxylic acids is 1. The normalized spacial score (nSPS) is 19.6. The number of unbranched alkanes of at least 4 members (excludes halogenated alkanes) is 2. The summed E-state index contributed by atoms with van der Waals surface area (Å²) in [5.41, 5.74) is 5.26. The minimum Gasteiger partial charge on any atom is -0.289 e. The lowest BCUT2D eigenvalue weighted by atomic mass is 9.66. The standard InChI is InChI=1S/C33H46O/c1-3-5-21-32(23-9-7-10-24-32)29-17-13-27(14-18-29)31(34)28-15-19-30(20-16-28)33(22-6-4-2)25-11-8-12-26-33/h13-20H,3-12,21-26H2,1-2H3. The van der Waals surface area contributed by atoms with Gasteiger partial charge in [0.05, 0.1) is 0 Å². The molecule has 0 spiro atoms. The molecule has 2 aliphatic carbocycles. The van der Waals surface area contributed by atoms with Crippen LogP contribution in [0.15, 0.2) is 48.5 Å². The largest absolute Gasteiger partial charge is 0.289 e. The summed E-state index contributed by atoms with van der Waals surface area (Å²) in [5.74, 6) is 0.163. The fourth-order valence-corrected chi connectivity index (χ4v) is 6.97. The van der Waals surface area contributed by atoms with Gasteiger partial charge in [-0.3, -0.25) is 4.79 Å². The minimum absolute atomic E-state index is 0.163. The zero-order valence-corrected chi connectivity index (χ0v) is 21.8. The second-order valence-electron chi connectivity index (χ2n) is 11.4. The van der Waals surface area contributed by atoms with Crippen LogP contribution in [0.4, 0.5) is 0 Å². The Morgan fingerprint density at radius 1 is 0.588 bits per heavy atom. The first-order valence-electron chi connectivity index (χ1n) is 14.4. The van der Waals surface area contributed by atoms with Crippen molar-refractivity contribution >= 4 is 5.78 Å². The molecule has 0 aliphatic heterocycles. The molecular formula is C33H46O. The second-order valence-corrected chi connectivity index (χ2v) is 11.4. The Bertz CT molecular complexity index is 817. The van der Waals surface area contributed by atoms with Crippen LogP contribution in [0, 0.1) is 0 Å². The van der Waals surface area contributed by atoms with Crippen molar-refractivity contribution in [3.8, 4) is 0 Å². The Kier molecular flexibility index (Phi) is 8.67. The van der Waals surface area contributed by atoms with Crippen LogP contribution in [0.25, 0.3) is 0 Å². The van der Waals surface area contributed by atoms with Gasteiger partial charge >= 0.3 is 0 Å². The molecule has 4 rings (SSSR count). The third kappa shape index (κ3) is 5.50. The molecule has 1 nitrogen and oxygen atoms in total. The van der Waals surface area contributed by atoms with E-state index in [0.29, 0.717) is 10.8 Å². The molecule has 2 saturated carbocycles. The van der Waals surface area contributed by atoms with Gasteiger partial charge in [0, 0.05) is 11.1 Å². The summed E-state index contributed by atoms with van der Waals surface area (Å²) in [6.45, 7) is 4.59. The molecule has 2 aromatic carbocycles. The van der Waals surface area contributed by atoms with Crippen molar-refractivity contribution in [1.82, 2.24) is 0 Å². The smallest absolute Gasteiger partial charge is 0.193 e. The van der Waals surface area contributed by atoms with Gasteiger partial charge in [0.15, 0.2) is 5.78 Å². The first-order chi connectivity index (χ1) is 16.6. The highest BCUT2D eigenvalue weighted by molar-refractivity contribution is 6.09. The zero-order chi connectivity index (χ0) is 23.9. The van der Waals surface area contributed by atoms with Crippen molar-refractivity contribution in [2.24, 2.45) is 0 Å². The second kappa shape index (κ2) is 11.7. The van der Waals surface area contributed by atoms with E-state index in [1.54, 1.807) is 0 Å². The summed E-state index contributed by atoms with van der Waals surface area (Å²) >= 11 is 0. The lowest BCUT2D eigenvalue weighted by Gasteiger charge is -2.38. The molecule has 0 amide bonds. The lowest BCUT2D eigenvalue weighted by molar-refractivity contribution is 0.103. The topological polar surface area (TPSA) is 17.1 Å². The van der Waals surface area contributed by atoms with Gasteiger partial charge in [-0.05, 0) is 60.5 Å². The first-order valence-corrected chi connectivity index (χ1v) is 14.4. The van der Waals surface area contributed by atoms with Crippen molar-refractivity contribution in [1.29, 1.82) is 0 Å². The number of hydrogen-bond acceptors (Lipinski definition) is 1. The van der Waals surface area contributed by atoms with Gasteiger partial charge in [-0.15, -0.1) is 0 Å². The number of ketones is 1. The van der Waals surface area contributed by atoms with Crippen LogP contribution in [0.3, 0.4) is 0 Å². The van der Waals surface area contributed by atoms with Crippen molar-refractivity contribution < 1.29 is 4.79 Å². The summed E-state index contributed by atoms with van der Waals surface area (Å²) in [5, 5.41) is 0. The summed E-state index contributed by atoms with van der Waals surface area (Å²) in [6, 6.07) is 17.5. The monoisotopic (exact) mass is 458 g/mol. The molecule has 0 unspecified atom stereocenters. The van der Waals surface area contributed by atoms with E-state index >= 15 is 0 Å². The van der Waals surface area contributed by atoms with Crippen molar-refractivity contribution in [3.05, 3.63) is 70.8 Å². The van der Waals surface area contributed by atoms with Gasteiger partial charge in [-0.2, -0.15) is 0 Å². The molecule has 2 aliphatic rings. The maximum Gasteiger partial charge on any atom is 0.193 e. The van der Waals surface area contributed by atoms with Crippen LogP contribution in [-0.4, -0.2) is 5.78 Å². The van der Waals surface area contributed by atoms with Crippen LogP contribution in [0.1, 0.15) is 144 Å². The molecule has 0 heterocycles. The van der Waals surface area contributed by atoms with Gasteiger partial charge < -0.3 is 0 Å². The van der Waals surface area contributed by atoms with E-state index in [4.69, 9.17) is 0 Å². The molecule has 0 radical (unpaired) electrons. The minimum atomic E-state index is 0.163. The Hall–Kier alpha value is -1.89. The van der Waals surface area contributed by atoms with Crippen molar-refractivity contribution in [2.75, 3.05) is 0 Å². The Morgan fingerprint density at radius 2 is 0.941 bits per heavy atom. The molecule has 2 fully saturated rings. The molecule has 34 heavy (non-hydrogen) atoms. The highest BCUT2D eigenvalue weighted by Crippen LogP contribution is 2.44. The molecule has 184 valence electrons. The number of benzene rings is 2. The number of rotatable bonds is 10. The fraction of sp³-hybridized carbons (Fsp3) is 0.606. The van der Waals surface area contributed by atoms with Gasteiger partial charge in [0.1, 0.15) is 0 Å². The average Bonchev–Trinajstić information content (AvgIpc) is 2.91. The third-order valence-electron chi connectivity index (χ3n) is 9.16. The predicted molar refractivity (Wildman–Crippen MR) is 145 cm³/mol. The van der Waals surface area contributed by atoms with E-state index in [-0.39, 0.29) is 5.78 Å². The summed E-state index contributed by atoms with van der Waals surface area (Å²) in [7, 11) is 0. The predicted octanol–water partition coefficient (Wildman–Crippen LogP) is 9.70. The summed E-state index contributed by atoms with van der Waals surface area (Å²) in [6.07, 6.45) is 21.0. The van der Waals surface area contributed by atoms with Crippen molar-refractivity contribution in [3.63, 3.8) is 0 Å². The fourth-order valence-electron chi connectivity index (χ4n) is 6.97. The first kappa shape index (κ1) is 25.2. The van der Waals surface area contributed by atoms with E-state index in [1.807, 2.05) is 0 Å². The maximum atomic E-state index is 13.3. The molecule has 0 atom stereocenters. The molecule has 0 N–H and O–H groups in total. The highest BCUT2D eigenvalue weighted by Gasteiger charge is 2.34. The van der Waals surface area contributed by atoms with Crippen LogP contribution < -0.4 is 0 Å². The van der Waals surface area contributed by atoms with Gasteiger partial charge in [0.2, 0.25) is 0 Å². The maximum absolute atomic E-state index is 13.3. The van der Waals surface area contributed by atoms with E-state index < -0.39 is 0 Å². The van der Waals surface area contributed by atoms with E-state index in [2.05, 4.69) is 62.4 Å². The van der Waals surface area contributed by atoms with Gasteiger partial charge in [-0.1, -0.05) is 127 Å². The Morgan fingerprint density at radius 3 is 1.26 bits per heavy atom. The SMILES string of the molecule is CCCCC1(c2ccc(C(=O)c3ccc(C4(CCCC)CCCCC4)cc3)cc2)CCCCC1. The van der Waals surface area contributed by atoms with E-state index in [9.17, 15) is 4.79 Å². The lowest BCUT2D eigenvalue weighted by Crippen LogP contribution is -2.29. The van der Waals surface area contributed by atoms with Gasteiger partial charge in [-0.25, -0.2) is 0 Å². The molecular weight excluding hydrogens is 412 g/mol. The third-order valence-corrected chi connectivity index (χ3v) is 9.16. The van der Waals surface area contributed by atoms with E-state index in [1.165, 1.54) is 114 Å². The molecule has 0 aromatic heterocycles. The zero-order valence-electron chi connectivity index (χ0n) is 21.8.